The number of fused-ring (bicyclic) bond motifs is 2. The van der Waals surface area contributed by atoms with Crippen LogP contribution < -0.4 is 10.6 Å². The molecule has 2 atom stereocenters. The van der Waals surface area contributed by atoms with E-state index in [1.165, 1.54) is 24.0 Å². The maximum Gasteiger partial charge on any atom is 0.256 e. The van der Waals surface area contributed by atoms with Crippen LogP contribution in [0.25, 0.3) is 11.6 Å². The number of anilines is 1. The molecular formula is C35H39N5O3. The fourth-order valence-electron chi connectivity index (χ4n) is 7.50. The highest BCUT2D eigenvalue weighted by Crippen LogP contribution is 2.36. The van der Waals surface area contributed by atoms with Crippen molar-refractivity contribution in [2.45, 2.75) is 64.5 Å². The van der Waals surface area contributed by atoms with Crippen LogP contribution in [-0.4, -0.2) is 64.7 Å². The largest absolute Gasteiger partial charge is 0.358 e. The Morgan fingerprint density at radius 3 is 2.67 bits per heavy atom. The molecule has 7 rings (SSSR count). The Bertz CT molecular complexity index is 1650. The minimum Gasteiger partial charge on any atom is -0.358 e. The molecule has 0 radical (unpaired) electrons. The molecule has 3 aromatic rings. The smallest absolute Gasteiger partial charge is 0.256 e. The van der Waals surface area contributed by atoms with Crippen molar-refractivity contribution in [1.29, 1.82) is 0 Å². The van der Waals surface area contributed by atoms with Gasteiger partial charge in [-0.05, 0) is 106 Å². The molecule has 2 saturated heterocycles. The number of hydrogen-bond donors (Lipinski definition) is 3. The highest BCUT2D eigenvalue weighted by Gasteiger charge is 2.34. The van der Waals surface area contributed by atoms with E-state index in [9.17, 15) is 14.4 Å². The van der Waals surface area contributed by atoms with E-state index < -0.39 is 0 Å². The Morgan fingerprint density at radius 2 is 1.84 bits per heavy atom. The molecule has 43 heavy (non-hydrogen) atoms. The lowest BCUT2D eigenvalue weighted by Gasteiger charge is -2.28. The number of nitrogens with one attached hydrogen (secondary N) is 3. The summed E-state index contributed by atoms with van der Waals surface area (Å²) in [4.78, 5) is 48.2. The molecule has 8 heteroatoms. The molecule has 222 valence electrons. The number of likely N-dealkylation sites (tertiary alicyclic amines) is 2. The molecule has 1 aliphatic carbocycles. The molecule has 4 heterocycles. The fraction of sp³-hybridized carbons (Fsp3) is 0.400. The van der Waals surface area contributed by atoms with Gasteiger partial charge in [-0.15, -0.1) is 0 Å². The maximum atomic E-state index is 13.9. The summed E-state index contributed by atoms with van der Waals surface area (Å²) in [5.74, 6) is -0.305. The summed E-state index contributed by atoms with van der Waals surface area (Å²) in [5.41, 5.74) is 7.91. The second kappa shape index (κ2) is 11.2. The van der Waals surface area contributed by atoms with E-state index in [0.717, 1.165) is 68.8 Å². The van der Waals surface area contributed by atoms with Crippen LogP contribution in [0.2, 0.25) is 0 Å². The van der Waals surface area contributed by atoms with Gasteiger partial charge < -0.3 is 25.4 Å². The van der Waals surface area contributed by atoms with Crippen molar-refractivity contribution in [3.63, 3.8) is 0 Å². The van der Waals surface area contributed by atoms with Gasteiger partial charge in [0, 0.05) is 47.3 Å². The van der Waals surface area contributed by atoms with Crippen LogP contribution in [0.1, 0.15) is 92.5 Å². The van der Waals surface area contributed by atoms with Gasteiger partial charge in [0.05, 0.1) is 17.2 Å². The first-order valence-corrected chi connectivity index (χ1v) is 15.7. The number of aromatic amines is 1. The maximum absolute atomic E-state index is 13.9. The number of aryl methyl sites for hydroxylation is 2. The molecule has 3 aliphatic heterocycles. The molecule has 0 unspecified atom stereocenters. The van der Waals surface area contributed by atoms with Crippen LogP contribution in [-0.2, 0) is 11.2 Å². The normalized spacial score (nSPS) is 22.2. The minimum absolute atomic E-state index is 0.0159. The SMILES string of the molecule is Cc1[nH]c(C=C2C(=O)Nc3ccc(C(=O)N[C@@H]4CCc5ccccc54)cc32)c(C)c1C(=O)N1CCC[C@@H]1CN1CCCC1. The lowest BCUT2D eigenvalue weighted by atomic mass is 10.0. The van der Waals surface area contributed by atoms with E-state index in [4.69, 9.17) is 0 Å². The van der Waals surface area contributed by atoms with Crippen molar-refractivity contribution >= 4 is 35.1 Å². The number of amides is 3. The van der Waals surface area contributed by atoms with Gasteiger partial charge in [0.25, 0.3) is 17.7 Å². The number of carbonyl (C=O) groups excluding carboxylic acids is 3. The summed E-state index contributed by atoms with van der Waals surface area (Å²) >= 11 is 0. The van der Waals surface area contributed by atoms with Crippen molar-refractivity contribution < 1.29 is 14.4 Å². The lowest BCUT2D eigenvalue weighted by molar-refractivity contribution is -0.110. The summed E-state index contributed by atoms with van der Waals surface area (Å²) in [6.45, 7) is 7.86. The van der Waals surface area contributed by atoms with Gasteiger partial charge in [0.1, 0.15) is 0 Å². The van der Waals surface area contributed by atoms with Crippen molar-refractivity contribution in [2.75, 3.05) is 31.5 Å². The Balaban J connectivity index is 1.13. The van der Waals surface area contributed by atoms with E-state index in [-0.39, 0.29) is 29.8 Å². The predicted molar refractivity (Wildman–Crippen MR) is 168 cm³/mol. The summed E-state index contributed by atoms with van der Waals surface area (Å²) < 4.78 is 0. The summed E-state index contributed by atoms with van der Waals surface area (Å²) in [7, 11) is 0. The Kier molecular flexibility index (Phi) is 7.17. The third-order valence-electron chi connectivity index (χ3n) is 9.79. The number of hydrogen-bond acceptors (Lipinski definition) is 4. The number of H-pyrrole nitrogens is 1. The highest BCUT2D eigenvalue weighted by atomic mass is 16.2. The summed E-state index contributed by atoms with van der Waals surface area (Å²) in [6.07, 6.45) is 8.21. The zero-order chi connectivity index (χ0) is 29.7. The molecule has 0 spiro atoms. The number of nitrogens with zero attached hydrogens (tertiary/aromatic N) is 2. The quantitative estimate of drug-likeness (QED) is 0.349. The standard InChI is InChI=1S/C35H39N5O3/c1-21-31(36-22(2)32(21)35(43)40-17-7-9-25(40)20-39-15-5-6-16-39)19-28-27-18-24(12-14-30(27)38-34(28)42)33(41)37-29-13-11-23-8-3-4-10-26(23)29/h3-4,8,10,12,14,18-19,25,29,36H,5-7,9,11,13,15-17,20H2,1-2H3,(H,37,41)(H,38,42)/t25-,29-/m1/s1. The fourth-order valence-corrected chi connectivity index (χ4v) is 7.50. The third kappa shape index (κ3) is 5.07. The minimum atomic E-state index is -0.220. The van der Waals surface area contributed by atoms with Crippen molar-refractivity contribution in [1.82, 2.24) is 20.1 Å². The van der Waals surface area contributed by atoms with E-state index in [1.54, 1.807) is 18.2 Å². The molecule has 8 nitrogen and oxygen atoms in total. The molecule has 1 aromatic heterocycles. The van der Waals surface area contributed by atoms with Crippen molar-refractivity contribution in [3.8, 4) is 0 Å². The summed E-state index contributed by atoms with van der Waals surface area (Å²) in [6, 6.07) is 13.8. The first-order chi connectivity index (χ1) is 20.9. The van der Waals surface area contributed by atoms with Crippen LogP contribution >= 0.6 is 0 Å². The molecule has 3 N–H and O–H groups in total. The van der Waals surface area contributed by atoms with Gasteiger partial charge >= 0.3 is 0 Å². The highest BCUT2D eigenvalue weighted by molar-refractivity contribution is 6.35. The summed E-state index contributed by atoms with van der Waals surface area (Å²) in [5, 5.41) is 6.12. The Hall–Kier alpha value is -4.17. The van der Waals surface area contributed by atoms with Gasteiger partial charge in [-0.3, -0.25) is 14.4 Å². The van der Waals surface area contributed by atoms with Crippen LogP contribution in [0, 0.1) is 13.8 Å². The van der Waals surface area contributed by atoms with Crippen molar-refractivity contribution in [3.05, 3.63) is 87.2 Å². The molecular weight excluding hydrogens is 538 g/mol. The zero-order valence-corrected chi connectivity index (χ0v) is 25.0. The van der Waals surface area contributed by atoms with Gasteiger partial charge in [0.15, 0.2) is 0 Å². The molecule has 4 aliphatic rings. The third-order valence-corrected chi connectivity index (χ3v) is 9.79. The van der Waals surface area contributed by atoms with E-state index in [2.05, 4.69) is 37.6 Å². The first-order valence-electron chi connectivity index (χ1n) is 15.7. The van der Waals surface area contributed by atoms with Crippen molar-refractivity contribution in [2.24, 2.45) is 0 Å². The molecule has 3 amide bonds. The number of carbonyl (C=O) groups is 3. The number of aromatic nitrogens is 1. The molecule has 0 bridgehead atoms. The van der Waals surface area contributed by atoms with Gasteiger partial charge in [-0.2, -0.15) is 0 Å². The van der Waals surface area contributed by atoms with E-state index >= 15 is 0 Å². The predicted octanol–water partition coefficient (Wildman–Crippen LogP) is 5.24. The average molecular weight is 578 g/mol. The van der Waals surface area contributed by atoms with E-state index in [0.29, 0.717) is 28.0 Å². The molecule has 0 saturated carbocycles. The van der Waals surface area contributed by atoms with Crippen LogP contribution in [0.5, 0.6) is 0 Å². The lowest BCUT2D eigenvalue weighted by Crippen LogP contribution is -2.42. The van der Waals surface area contributed by atoms with Crippen LogP contribution in [0.3, 0.4) is 0 Å². The Morgan fingerprint density at radius 1 is 1.02 bits per heavy atom. The van der Waals surface area contributed by atoms with E-state index in [1.807, 2.05) is 32.1 Å². The number of rotatable bonds is 6. The van der Waals surface area contributed by atoms with Crippen LogP contribution in [0.15, 0.2) is 42.5 Å². The second-order valence-corrected chi connectivity index (χ2v) is 12.5. The van der Waals surface area contributed by atoms with Gasteiger partial charge in [-0.25, -0.2) is 0 Å². The Labute approximate surface area is 252 Å². The van der Waals surface area contributed by atoms with Crippen LogP contribution in [0.4, 0.5) is 5.69 Å². The first kappa shape index (κ1) is 27.7. The van der Waals surface area contributed by atoms with Gasteiger partial charge in [-0.1, -0.05) is 24.3 Å². The average Bonchev–Trinajstić information content (AvgIpc) is 3.83. The second-order valence-electron chi connectivity index (χ2n) is 12.5. The zero-order valence-electron chi connectivity index (χ0n) is 25.0. The topological polar surface area (TPSA) is 97.5 Å². The van der Waals surface area contributed by atoms with Gasteiger partial charge in [0.2, 0.25) is 0 Å². The number of benzene rings is 2. The molecule has 2 fully saturated rings. The molecule has 2 aromatic carbocycles. The monoisotopic (exact) mass is 577 g/mol.